The van der Waals surface area contributed by atoms with Crippen molar-refractivity contribution in [3.05, 3.63) is 64.9 Å². The van der Waals surface area contributed by atoms with Crippen LogP contribution in [0.1, 0.15) is 18.4 Å². The van der Waals surface area contributed by atoms with Crippen LogP contribution < -0.4 is 4.90 Å². The minimum atomic E-state index is -0.203. The summed E-state index contributed by atoms with van der Waals surface area (Å²) in [7, 11) is 0. The molecular formula is C20H22ClFN2O. The number of halogens is 2. The molecule has 1 aliphatic heterocycles. The Hall–Kier alpha value is -2.07. The lowest BCUT2D eigenvalue weighted by Crippen LogP contribution is -2.49. The zero-order chi connectivity index (χ0) is 17.6. The first kappa shape index (κ1) is 17.7. The highest BCUT2D eigenvalue weighted by Crippen LogP contribution is 2.20. The van der Waals surface area contributed by atoms with Crippen molar-refractivity contribution in [1.29, 1.82) is 0 Å². The SMILES string of the molecule is O=C(CCCc1ccc(Cl)cc1)N1CCN(c2ccccc2F)CC1. The second-order valence-electron chi connectivity index (χ2n) is 6.30. The molecule has 1 amide bonds. The third-order valence-corrected chi connectivity index (χ3v) is 4.85. The van der Waals surface area contributed by atoms with Gasteiger partial charge in [-0.2, -0.15) is 0 Å². The molecule has 132 valence electrons. The Kier molecular flexibility index (Phi) is 5.92. The largest absolute Gasteiger partial charge is 0.366 e. The van der Waals surface area contributed by atoms with E-state index in [1.807, 2.05) is 40.1 Å². The molecular weight excluding hydrogens is 339 g/mol. The van der Waals surface area contributed by atoms with Crippen molar-refractivity contribution < 1.29 is 9.18 Å². The maximum atomic E-state index is 13.9. The van der Waals surface area contributed by atoms with Crippen LogP contribution in [0.5, 0.6) is 0 Å². The van der Waals surface area contributed by atoms with Crippen LogP contribution >= 0.6 is 11.6 Å². The monoisotopic (exact) mass is 360 g/mol. The molecule has 1 saturated heterocycles. The zero-order valence-corrected chi connectivity index (χ0v) is 14.9. The van der Waals surface area contributed by atoms with Gasteiger partial charge in [0.2, 0.25) is 5.91 Å². The highest BCUT2D eigenvalue weighted by Gasteiger charge is 2.22. The standard InChI is InChI=1S/C20H22ClFN2O/c21-17-10-8-16(9-11-17)4-3-7-20(25)24-14-12-23(13-15-24)19-6-2-1-5-18(19)22/h1-2,5-6,8-11H,3-4,7,12-15H2. The third-order valence-electron chi connectivity index (χ3n) is 4.59. The van der Waals surface area contributed by atoms with Crippen LogP contribution in [0, 0.1) is 5.82 Å². The molecule has 5 heteroatoms. The summed E-state index contributed by atoms with van der Waals surface area (Å²) in [5, 5.41) is 0.729. The molecule has 0 radical (unpaired) electrons. The van der Waals surface area contributed by atoms with E-state index >= 15 is 0 Å². The first-order valence-corrected chi connectivity index (χ1v) is 9.03. The van der Waals surface area contributed by atoms with Gasteiger partial charge in [0, 0.05) is 37.6 Å². The summed E-state index contributed by atoms with van der Waals surface area (Å²) in [4.78, 5) is 16.3. The Morgan fingerprint density at radius 3 is 2.36 bits per heavy atom. The number of rotatable bonds is 5. The lowest BCUT2D eigenvalue weighted by Gasteiger charge is -2.36. The minimum absolute atomic E-state index is 0.183. The van der Waals surface area contributed by atoms with E-state index in [2.05, 4.69) is 0 Å². The number of aryl methyl sites for hydroxylation is 1. The molecule has 0 aromatic heterocycles. The summed E-state index contributed by atoms with van der Waals surface area (Å²) in [6.45, 7) is 2.63. The fourth-order valence-corrected chi connectivity index (χ4v) is 3.28. The second-order valence-corrected chi connectivity index (χ2v) is 6.74. The van der Waals surface area contributed by atoms with Crippen molar-refractivity contribution in [2.75, 3.05) is 31.1 Å². The first-order valence-electron chi connectivity index (χ1n) is 8.65. The molecule has 0 atom stereocenters. The highest BCUT2D eigenvalue weighted by molar-refractivity contribution is 6.30. The van der Waals surface area contributed by atoms with Gasteiger partial charge in [-0.05, 0) is 42.7 Å². The molecule has 0 spiro atoms. The average molecular weight is 361 g/mol. The van der Waals surface area contributed by atoms with Crippen molar-refractivity contribution >= 4 is 23.2 Å². The van der Waals surface area contributed by atoms with Crippen LogP contribution in [-0.4, -0.2) is 37.0 Å². The molecule has 3 nitrogen and oxygen atoms in total. The van der Waals surface area contributed by atoms with Crippen molar-refractivity contribution in [2.45, 2.75) is 19.3 Å². The molecule has 1 heterocycles. The van der Waals surface area contributed by atoms with E-state index in [0.29, 0.717) is 38.3 Å². The number of amides is 1. The van der Waals surface area contributed by atoms with Crippen molar-refractivity contribution in [2.24, 2.45) is 0 Å². The smallest absolute Gasteiger partial charge is 0.222 e. The van der Waals surface area contributed by atoms with E-state index in [-0.39, 0.29) is 11.7 Å². The van der Waals surface area contributed by atoms with Gasteiger partial charge in [-0.1, -0.05) is 35.9 Å². The van der Waals surface area contributed by atoms with E-state index < -0.39 is 0 Å². The number of carbonyl (C=O) groups is 1. The summed E-state index contributed by atoms with van der Waals surface area (Å²) >= 11 is 5.88. The van der Waals surface area contributed by atoms with E-state index in [9.17, 15) is 9.18 Å². The Labute approximate surface area is 153 Å². The Morgan fingerprint density at radius 1 is 1.00 bits per heavy atom. The van der Waals surface area contributed by atoms with Crippen LogP contribution in [0.25, 0.3) is 0 Å². The van der Waals surface area contributed by atoms with Gasteiger partial charge < -0.3 is 9.80 Å². The Balaban J connectivity index is 1.44. The zero-order valence-electron chi connectivity index (χ0n) is 14.1. The van der Waals surface area contributed by atoms with Crippen LogP contribution in [0.15, 0.2) is 48.5 Å². The van der Waals surface area contributed by atoms with Gasteiger partial charge in [0.15, 0.2) is 0 Å². The highest BCUT2D eigenvalue weighted by atomic mass is 35.5. The molecule has 0 N–H and O–H groups in total. The molecule has 0 bridgehead atoms. The molecule has 3 rings (SSSR count). The van der Waals surface area contributed by atoms with Gasteiger partial charge in [0.1, 0.15) is 5.82 Å². The number of para-hydroxylation sites is 1. The summed E-state index contributed by atoms with van der Waals surface area (Å²) in [5.41, 5.74) is 1.82. The molecule has 0 unspecified atom stereocenters. The van der Waals surface area contributed by atoms with Gasteiger partial charge >= 0.3 is 0 Å². The molecule has 25 heavy (non-hydrogen) atoms. The normalized spacial score (nSPS) is 14.6. The van der Waals surface area contributed by atoms with Crippen molar-refractivity contribution in [3.63, 3.8) is 0 Å². The number of carbonyl (C=O) groups excluding carboxylic acids is 1. The summed E-state index contributed by atoms with van der Waals surface area (Å²) < 4.78 is 13.9. The second kappa shape index (κ2) is 8.34. The van der Waals surface area contributed by atoms with Gasteiger partial charge in [-0.3, -0.25) is 4.79 Å². The average Bonchev–Trinajstić information content (AvgIpc) is 2.64. The summed E-state index contributed by atoms with van der Waals surface area (Å²) in [6, 6.07) is 14.6. The number of nitrogens with zero attached hydrogens (tertiary/aromatic N) is 2. The van der Waals surface area contributed by atoms with Gasteiger partial charge in [0.25, 0.3) is 0 Å². The van der Waals surface area contributed by atoms with Crippen molar-refractivity contribution in [3.8, 4) is 0 Å². The van der Waals surface area contributed by atoms with Gasteiger partial charge in [-0.15, -0.1) is 0 Å². The molecule has 2 aromatic carbocycles. The van der Waals surface area contributed by atoms with E-state index in [1.165, 1.54) is 11.6 Å². The molecule has 1 aliphatic rings. The van der Waals surface area contributed by atoms with Crippen LogP contribution in [0.3, 0.4) is 0 Å². The van der Waals surface area contributed by atoms with Crippen molar-refractivity contribution in [1.82, 2.24) is 4.90 Å². The minimum Gasteiger partial charge on any atom is -0.366 e. The molecule has 1 fully saturated rings. The quantitative estimate of drug-likeness (QED) is 0.799. The van der Waals surface area contributed by atoms with E-state index in [4.69, 9.17) is 11.6 Å². The van der Waals surface area contributed by atoms with Crippen LogP contribution in [0.4, 0.5) is 10.1 Å². The maximum Gasteiger partial charge on any atom is 0.222 e. The summed E-state index contributed by atoms with van der Waals surface area (Å²) in [6.07, 6.45) is 2.24. The summed E-state index contributed by atoms with van der Waals surface area (Å²) in [5.74, 6) is -0.0209. The predicted octanol–water partition coefficient (Wildman–Crippen LogP) is 4.15. The Morgan fingerprint density at radius 2 is 1.68 bits per heavy atom. The van der Waals surface area contributed by atoms with E-state index in [1.54, 1.807) is 12.1 Å². The lowest BCUT2D eigenvalue weighted by atomic mass is 10.1. The molecule has 2 aromatic rings. The van der Waals surface area contributed by atoms with Crippen LogP contribution in [0.2, 0.25) is 5.02 Å². The predicted molar refractivity (Wildman–Crippen MR) is 99.6 cm³/mol. The van der Waals surface area contributed by atoms with Gasteiger partial charge in [0.05, 0.1) is 5.69 Å². The lowest BCUT2D eigenvalue weighted by molar-refractivity contribution is -0.131. The number of benzene rings is 2. The van der Waals surface area contributed by atoms with E-state index in [0.717, 1.165) is 17.9 Å². The number of anilines is 1. The first-order chi connectivity index (χ1) is 12.1. The molecule has 0 saturated carbocycles. The third kappa shape index (κ3) is 4.73. The van der Waals surface area contributed by atoms with Crippen LogP contribution in [-0.2, 0) is 11.2 Å². The fourth-order valence-electron chi connectivity index (χ4n) is 3.16. The fraction of sp³-hybridized carbons (Fsp3) is 0.350. The number of piperazine rings is 1. The number of hydrogen-bond donors (Lipinski definition) is 0. The topological polar surface area (TPSA) is 23.6 Å². The maximum absolute atomic E-state index is 13.9. The molecule has 0 aliphatic carbocycles. The van der Waals surface area contributed by atoms with Gasteiger partial charge in [-0.25, -0.2) is 4.39 Å². The Bertz CT molecular complexity index is 712. The number of hydrogen-bond acceptors (Lipinski definition) is 2.